The monoisotopic (exact) mass is 214 g/mol. The predicted molar refractivity (Wildman–Crippen MR) is 55.3 cm³/mol. The van der Waals surface area contributed by atoms with Crippen LogP contribution >= 0.6 is 34.9 Å². The van der Waals surface area contributed by atoms with Gasteiger partial charge in [0, 0.05) is 10.8 Å². The second kappa shape index (κ2) is 3.08. The smallest absolute Gasteiger partial charge is 0.158 e. The lowest BCUT2D eigenvalue weighted by Gasteiger charge is -1.86. The minimum absolute atomic E-state index is 0.802. The molecule has 0 radical (unpaired) electrons. The van der Waals surface area contributed by atoms with Gasteiger partial charge in [0.2, 0.25) is 0 Å². The van der Waals surface area contributed by atoms with Gasteiger partial charge >= 0.3 is 0 Å². The zero-order chi connectivity index (χ0) is 8.55. The van der Waals surface area contributed by atoms with E-state index in [9.17, 15) is 0 Å². The molecule has 0 aliphatic heterocycles. The zero-order valence-electron chi connectivity index (χ0n) is 6.33. The molecule has 2 aromatic rings. The van der Waals surface area contributed by atoms with Gasteiger partial charge in [0.1, 0.15) is 0 Å². The van der Waals surface area contributed by atoms with Crippen LogP contribution in [0.1, 0.15) is 5.01 Å². The van der Waals surface area contributed by atoms with Gasteiger partial charge in [-0.05, 0) is 19.1 Å². The lowest BCUT2D eigenvalue weighted by molar-refractivity contribution is 1.26. The molecule has 0 bridgehead atoms. The van der Waals surface area contributed by atoms with Crippen LogP contribution < -0.4 is 0 Å². The van der Waals surface area contributed by atoms with Gasteiger partial charge in [-0.3, -0.25) is 0 Å². The van der Waals surface area contributed by atoms with Crippen LogP contribution in [0.5, 0.6) is 0 Å². The number of nitrogens with zero attached hydrogens (tertiary/aromatic N) is 1. The van der Waals surface area contributed by atoms with Crippen molar-refractivity contribution in [3.05, 3.63) is 19.7 Å². The molecular weight excluding hydrogens is 208 g/mol. The number of thiazole rings is 2. The average Bonchev–Trinajstić information content (AvgIpc) is 2.58. The number of aromatic nitrogens is 2. The molecule has 0 fully saturated rings. The highest BCUT2D eigenvalue weighted by Crippen LogP contribution is 2.21. The lowest BCUT2D eigenvalue weighted by Crippen LogP contribution is -1.76. The average molecular weight is 214 g/mol. The molecule has 12 heavy (non-hydrogen) atoms. The minimum Gasteiger partial charge on any atom is -0.336 e. The van der Waals surface area contributed by atoms with Gasteiger partial charge in [0.15, 0.2) is 3.95 Å². The Balaban J connectivity index is 2.50. The number of hydrogen-bond acceptors (Lipinski definition) is 4. The van der Waals surface area contributed by atoms with Gasteiger partial charge in [-0.25, -0.2) is 4.98 Å². The molecule has 0 spiro atoms. The van der Waals surface area contributed by atoms with Crippen molar-refractivity contribution in [2.24, 2.45) is 0 Å². The molecule has 0 saturated carbocycles. The van der Waals surface area contributed by atoms with Crippen molar-refractivity contribution in [3.8, 4) is 11.4 Å². The number of aromatic amines is 1. The predicted octanol–water partition coefficient (Wildman–Crippen LogP) is 3.24. The van der Waals surface area contributed by atoms with Gasteiger partial charge in [-0.15, -0.1) is 22.7 Å². The van der Waals surface area contributed by atoms with Gasteiger partial charge in [-0.1, -0.05) is 0 Å². The number of rotatable bonds is 1. The molecule has 0 amide bonds. The Labute approximate surface area is 82.9 Å². The van der Waals surface area contributed by atoms with E-state index >= 15 is 0 Å². The maximum atomic E-state index is 4.98. The molecule has 2 nitrogen and oxygen atoms in total. The summed E-state index contributed by atoms with van der Waals surface area (Å²) in [5.74, 6) is 0. The van der Waals surface area contributed by atoms with E-state index in [1.54, 1.807) is 11.3 Å². The number of hydrogen-bond donors (Lipinski definition) is 1. The Morgan fingerprint density at radius 3 is 2.75 bits per heavy atom. The molecule has 0 aliphatic rings. The van der Waals surface area contributed by atoms with Gasteiger partial charge in [0.25, 0.3) is 0 Å². The molecule has 0 aliphatic carbocycles. The SMILES string of the molecule is Cc1nc(-c2csc(=S)[nH]2)cs1. The zero-order valence-corrected chi connectivity index (χ0v) is 8.78. The summed E-state index contributed by atoms with van der Waals surface area (Å²) >= 11 is 8.16. The Morgan fingerprint density at radius 2 is 2.25 bits per heavy atom. The Hall–Kier alpha value is -0.520. The van der Waals surface area contributed by atoms with Crippen molar-refractivity contribution in [3.63, 3.8) is 0 Å². The normalized spacial score (nSPS) is 10.4. The van der Waals surface area contributed by atoms with Gasteiger partial charge < -0.3 is 4.98 Å². The molecular formula is C7H6N2S3. The van der Waals surface area contributed by atoms with Crippen molar-refractivity contribution >= 4 is 34.9 Å². The Morgan fingerprint density at radius 1 is 1.42 bits per heavy atom. The fourth-order valence-corrected chi connectivity index (χ4v) is 2.33. The first-order valence-electron chi connectivity index (χ1n) is 3.36. The molecule has 2 rings (SSSR count). The van der Waals surface area contributed by atoms with Crippen LogP contribution in [-0.2, 0) is 0 Å². The van der Waals surface area contributed by atoms with Crippen LogP contribution in [0, 0.1) is 10.9 Å². The minimum atomic E-state index is 0.802. The molecule has 2 aromatic heterocycles. The summed E-state index contributed by atoms with van der Waals surface area (Å²) < 4.78 is 0.802. The molecule has 2 heterocycles. The molecule has 0 aromatic carbocycles. The van der Waals surface area contributed by atoms with Crippen molar-refractivity contribution in [1.82, 2.24) is 9.97 Å². The Bertz CT molecular complexity index is 437. The van der Waals surface area contributed by atoms with E-state index in [0.29, 0.717) is 0 Å². The quantitative estimate of drug-likeness (QED) is 0.738. The maximum Gasteiger partial charge on any atom is 0.158 e. The number of nitrogens with one attached hydrogen (secondary N) is 1. The van der Waals surface area contributed by atoms with Crippen LogP contribution in [0.4, 0.5) is 0 Å². The third-order valence-corrected chi connectivity index (χ3v) is 3.25. The van der Waals surface area contributed by atoms with Crippen LogP contribution in [0.15, 0.2) is 10.8 Å². The summed E-state index contributed by atoms with van der Waals surface area (Å²) in [7, 11) is 0. The van der Waals surface area contributed by atoms with E-state index in [4.69, 9.17) is 12.2 Å². The third-order valence-electron chi connectivity index (χ3n) is 1.42. The second-order valence-corrected chi connectivity index (χ2v) is 4.92. The van der Waals surface area contributed by atoms with E-state index in [0.717, 1.165) is 20.3 Å². The highest BCUT2D eigenvalue weighted by atomic mass is 32.1. The maximum absolute atomic E-state index is 4.98. The highest BCUT2D eigenvalue weighted by molar-refractivity contribution is 7.73. The molecule has 62 valence electrons. The molecule has 5 heteroatoms. The highest BCUT2D eigenvalue weighted by Gasteiger charge is 2.02. The number of aryl methyl sites for hydroxylation is 1. The van der Waals surface area contributed by atoms with Crippen molar-refractivity contribution in [1.29, 1.82) is 0 Å². The van der Waals surface area contributed by atoms with Gasteiger partial charge in [-0.2, -0.15) is 0 Å². The summed E-state index contributed by atoms with van der Waals surface area (Å²) in [6.45, 7) is 2.00. The van der Waals surface area contributed by atoms with Crippen LogP contribution in [0.2, 0.25) is 0 Å². The van der Waals surface area contributed by atoms with Crippen LogP contribution in [0.3, 0.4) is 0 Å². The first-order chi connectivity index (χ1) is 5.75. The largest absolute Gasteiger partial charge is 0.336 e. The van der Waals surface area contributed by atoms with Crippen LogP contribution in [-0.4, -0.2) is 9.97 Å². The van der Waals surface area contributed by atoms with Gasteiger partial charge in [0.05, 0.1) is 16.4 Å². The first-order valence-corrected chi connectivity index (χ1v) is 5.53. The fraction of sp³-hybridized carbons (Fsp3) is 0.143. The topological polar surface area (TPSA) is 28.7 Å². The van der Waals surface area contributed by atoms with E-state index in [1.807, 2.05) is 17.7 Å². The standard InChI is InChI=1S/C7H6N2S3/c1-4-8-5(2-11-4)6-3-12-7(10)9-6/h2-3H,1H3,(H,9,10). The van der Waals surface area contributed by atoms with Crippen molar-refractivity contribution in [2.75, 3.05) is 0 Å². The van der Waals surface area contributed by atoms with Crippen molar-refractivity contribution < 1.29 is 0 Å². The molecule has 1 N–H and O–H groups in total. The third kappa shape index (κ3) is 1.48. The summed E-state index contributed by atoms with van der Waals surface area (Å²) in [5, 5.41) is 5.11. The van der Waals surface area contributed by atoms with E-state index in [1.165, 1.54) is 11.3 Å². The van der Waals surface area contributed by atoms with E-state index in [2.05, 4.69) is 9.97 Å². The molecule has 0 atom stereocenters. The summed E-state index contributed by atoms with van der Waals surface area (Å²) in [5.41, 5.74) is 2.01. The van der Waals surface area contributed by atoms with Crippen molar-refractivity contribution in [2.45, 2.75) is 6.92 Å². The Kier molecular flexibility index (Phi) is 2.08. The lowest BCUT2D eigenvalue weighted by atomic mass is 10.4. The summed E-state index contributed by atoms with van der Waals surface area (Å²) in [6.07, 6.45) is 0. The van der Waals surface area contributed by atoms with E-state index < -0.39 is 0 Å². The second-order valence-electron chi connectivity index (χ2n) is 2.31. The molecule has 0 saturated heterocycles. The van der Waals surface area contributed by atoms with Crippen LogP contribution in [0.25, 0.3) is 11.4 Å². The fourth-order valence-electron chi connectivity index (χ4n) is 0.893. The van der Waals surface area contributed by atoms with E-state index in [-0.39, 0.29) is 0 Å². The molecule has 0 unspecified atom stereocenters. The first kappa shape index (κ1) is 8.10. The summed E-state index contributed by atoms with van der Waals surface area (Å²) in [6, 6.07) is 0. The summed E-state index contributed by atoms with van der Waals surface area (Å²) in [4.78, 5) is 7.43. The number of H-pyrrole nitrogens is 1.